The molecule has 0 bridgehead atoms. The average Bonchev–Trinajstić information content (AvgIpc) is 2.58. The molecule has 1 aliphatic rings. The predicted molar refractivity (Wildman–Crippen MR) is 63.3 cm³/mol. The van der Waals surface area contributed by atoms with Crippen LogP contribution in [0.25, 0.3) is 0 Å². The van der Waals surface area contributed by atoms with Gasteiger partial charge in [-0.05, 0) is 23.1 Å². The molecule has 88 valence electrons. The first-order valence-electron chi connectivity index (χ1n) is 5.30. The summed E-state index contributed by atoms with van der Waals surface area (Å²) in [6, 6.07) is 5.97. The highest BCUT2D eigenvalue weighted by molar-refractivity contribution is 6.17. The van der Waals surface area contributed by atoms with Gasteiger partial charge in [-0.15, -0.1) is 0 Å². The van der Waals surface area contributed by atoms with Gasteiger partial charge in [0.2, 0.25) is 0 Å². The molecule has 0 aromatic heterocycles. The third kappa shape index (κ3) is 2.08. The summed E-state index contributed by atoms with van der Waals surface area (Å²) in [6.07, 6.45) is 0. The summed E-state index contributed by atoms with van der Waals surface area (Å²) in [5.74, 6) is 0. The van der Waals surface area contributed by atoms with E-state index in [4.69, 9.17) is 0 Å². The molecule has 17 heavy (non-hydrogen) atoms. The zero-order valence-corrected chi connectivity index (χ0v) is 9.97. The van der Waals surface area contributed by atoms with Gasteiger partial charge >= 0.3 is 12.1 Å². The van der Waals surface area contributed by atoms with Crippen molar-refractivity contribution in [2.75, 3.05) is 4.90 Å². The molecule has 1 aliphatic heterocycles. The molecule has 1 heterocycles. The molecule has 4 amide bonds. The van der Waals surface area contributed by atoms with Gasteiger partial charge in [-0.1, -0.05) is 43.1 Å². The van der Waals surface area contributed by atoms with Gasteiger partial charge in [-0.25, -0.2) is 14.5 Å². The van der Waals surface area contributed by atoms with Crippen molar-refractivity contribution in [3.05, 3.63) is 29.8 Å². The van der Waals surface area contributed by atoms with Gasteiger partial charge in [0.25, 0.3) is 0 Å². The minimum Gasteiger partial charge on any atom is -0.243 e. The lowest BCUT2D eigenvalue weighted by molar-refractivity contribution is 0.249. The highest BCUT2D eigenvalue weighted by Gasteiger charge is 2.29. The topological polar surface area (TPSA) is 62.1 Å². The maximum absolute atomic E-state index is 11.3. The Balaban J connectivity index is 2.31. The molecule has 0 fully saturated rings. The third-order valence-corrected chi connectivity index (χ3v) is 2.60. The van der Waals surface area contributed by atoms with Crippen LogP contribution in [0, 0.1) is 0 Å². The van der Waals surface area contributed by atoms with E-state index in [9.17, 15) is 9.59 Å². The lowest BCUT2D eigenvalue weighted by atomic mass is 9.87. The highest BCUT2D eigenvalue weighted by atomic mass is 16.2. The standard InChI is InChI=1S/C12H13N3O2/c1-12(2,3)8-4-6-9(7-5-8)15-10(16)13-14-11(15)17/h4-7H,1-3H3. The number of carbonyl (C=O) groups is 2. The average molecular weight is 231 g/mol. The molecule has 5 heteroatoms. The van der Waals surface area contributed by atoms with Gasteiger partial charge in [0, 0.05) is 0 Å². The largest absolute Gasteiger partial charge is 0.375 e. The third-order valence-electron chi connectivity index (χ3n) is 2.60. The molecule has 0 saturated heterocycles. The summed E-state index contributed by atoms with van der Waals surface area (Å²) in [5.41, 5.74) is 1.67. The van der Waals surface area contributed by atoms with E-state index < -0.39 is 12.1 Å². The molecular weight excluding hydrogens is 218 g/mol. The number of nitrogens with zero attached hydrogens (tertiary/aromatic N) is 3. The zero-order valence-electron chi connectivity index (χ0n) is 9.97. The minimum absolute atomic E-state index is 0.0340. The van der Waals surface area contributed by atoms with Gasteiger partial charge in [0.1, 0.15) is 0 Å². The van der Waals surface area contributed by atoms with Crippen molar-refractivity contribution in [1.82, 2.24) is 0 Å². The van der Waals surface area contributed by atoms with Crippen molar-refractivity contribution in [1.29, 1.82) is 0 Å². The monoisotopic (exact) mass is 231 g/mol. The van der Waals surface area contributed by atoms with Crippen LogP contribution in [-0.4, -0.2) is 12.1 Å². The van der Waals surface area contributed by atoms with E-state index in [1.165, 1.54) is 0 Å². The van der Waals surface area contributed by atoms with Crippen LogP contribution in [0.3, 0.4) is 0 Å². The van der Waals surface area contributed by atoms with E-state index in [1.54, 1.807) is 12.1 Å². The van der Waals surface area contributed by atoms with Crippen molar-refractivity contribution in [3.63, 3.8) is 0 Å². The number of amides is 4. The molecule has 1 aromatic carbocycles. The van der Waals surface area contributed by atoms with Crippen molar-refractivity contribution in [2.24, 2.45) is 10.2 Å². The fraction of sp³-hybridized carbons (Fsp3) is 0.333. The summed E-state index contributed by atoms with van der Waals surface area (Å²) in [6.45, 7) is 6.29. The van der Waals surface area contributed by atoms with Gasteiger partial charge in [0.15, 0.2) is 0 Å². The zero-order chi connectivity index (χ0) is 12.6. The van der Waals surface area contributed by atoms with Crippen LogP contribution in [0.2, 0.25) is 0 Å². The van der Waals surface area contributed by atoms with Gasteiger partial charge in [-0.2, -0.15) is 0 Å². The Kier molecular flexibility index (Phi) is 2.53. The Hall–Kier alpha value is -2.04. The number of hydrogen-bond acceptors (Lipinski definition) is 2. The molecule has 0 N–H and O–H groups in total. The molecule has 0 unspecified atom stereocenters. The molecule has 0 saturated carbocycles. The molecule has 0 aliphatic carbocycles. The van der Waals surface area contributed by atoms with Gasteiger partial charge in [-0.3, -0.25) is 0 Å². The predicted octanol–water partition coefficient (Wildman–Crippen LogP) is 3.50. The summed E-state index contributed by atoms with van der Waals surface area (Å²) in [4.78, 5) is 23.6. The number of anilines is 1. The number of carbonyl (C=O) groups excluding carboxylic acids is 2. The smallest absolute Gasteiger partial charge is 0.243 e. The number of azo groups is 1. The number of urea groups is 2. The summed E-state index contributed by atoms with van der Waals surface area (Å²) in [5, 5.41) is 6.42. The van der Waals surface area contributed by atoms with Crippen molar-refractivity contribution < 1.29 is 9.59 Å². The first kappa shape index (κ1) is 11.4. The maximum Gasteiger partial charge on any atom is 0.375 e. The van der Waals surface area contributed by atoms with E-state index in [0.29, 0.717) is 5.69 Å². The Morgan fingerprint density at radius 1 is 0.941 bits per heavy atom. The maximum atomic E-state index is 11.3. The van der Waals surface area contributed by atoms with Crippen molar-refractivity contribution in [3.8, 4) is 0 Å². The van der Waals surface area contributed by atoms with Crippen LogP contribution in [0.4, 0.5) is 15.3 Å². The summed E-state index contributed by atoms with van der Waals surface area (Å²) >= 11 is 0. The summed E-state index contributed by atoms with van der Waals surface area (Å²) in [7, 11) is 0. The Morgan fingerprint density at radius 3 is 1.82 bits per heavy atom. The first-order chi connectivity index (χ1) is 7.89. The number of imide groups is 1. The number of rotatable bonds is 1. The van der Waals surface area contributed by atoms with Crippen LogP contribution >= 0.6 is 0 Å². The van der Waals surface area contributed by atoms with Crippen LogP contribution in [0.15, 0.2) is 34.5 Å². The molecule has 0 spiro atoms. The van der Waals surface area contributed by atoms with E-state index in [1.807, 2.05) is 12.1 Å². The minimum atomic E-state index is -0.640. The van der Waals surface area contributed by atoms with E-state index in [-0.39, 0.29) is 5.41 Å². The lowest BCUT2D eigenvalue weighted by Crippen LogP contribution is -2.27. The van der Waals surface area contributed by atoms with Gasteiger partial charge < -0.3 is 0 Å². The van der Waals surface area contributed by atoms with Crippen molar-refractivity contribution in [2.45, 2.75) is 26.2 Å². The SMILES string of the molecule is CC(C)(C)c1ccc(N2C(=O)N=NC2=O)cc1. The highest BCUT2D eigenvalue weighted by Crippen LogP contribution is 2.26. The fourth-order valence-corrected chi connectivity index (χ4v) is 1.59. The Bertz CT molecular complexity index is 479. The molecule has 1 aromatic rings. The molecule has 2 rings (SSSR count). The van der Waals surface area contributed by atoms with Crippen LogP contribution in [-0.2, 0) is 5.41 Å². The second-order valence-corrected chi connectivity index (χ2v) is 4.90. The van der Waals surface area contributed by atoms with Crippen LogP contribution in [0.1, 0.15) is 26.3 Å². The molecule has 0 atom stereocenters. The fourth-order valence-electron chi connectivity index (χ4n) is 1.59. The Labute approximate surface area is 99.1 Å². The number of benzene rings is 1. The quantitative estimate of drug-likeness (QED) is 0.742. The molecular formula is C12H13N3O2. The second kappa shape index (κ2) is 3.76. The van der Waals surface area contributed by atoms with Crippen LogP contribution < -0.4 is 4.90 Å². The Morgan fingerprint density at radius 2 is 1.41 bits per heavy atom. The van der Waals surface area contributed by atoms with Gasteiger partial charge in [0.05, 0.1) is 5.69 Å². The lowest BCUT2D eigenvalue weighted by Gasteiger charge is -2.20. The van der Waals surface area contributed by atoms with E-state index in [0.717, 1.165) is 10.5 Å². The van der Waals surface area contributed by atoms with E-state index in [2.05, 4.69) is 31.0 Å². The normalized spacial score (nSPS) is 15.8. The first-order valence-corrected chi connectivity index (χ1v) is 5.30. The van der Waals surface area contributed by atoms with Crippen molar-refractivity contribution >= 4 is 17.7 Å². The second-order valence-electron chi connectivity index (χ2n) is 4.90. The van der Waals surface area contributed by atoms with Crippen LogP contribution in [0.5, 0.6) is 0 Å². The van der Waals surface area contributed by atoms with E-state index >= 15 is 0 Å². The molecule has 5 nitrogen and oxygen atoms in total. The number of hydrogen-bond donors (Lipinski definition) is 0. The molecule has 0 radical (unpaired) electrons. The summed E-state index contributed by atoms with van der Waals surface area (Å²) < 4.78 is 0.